The number of carbonyl (C=O) groups excluding carboxylic acids is 1. The number of piperidine rings is 1. The smallest absolute Gasteiger partial charge is 0.310 e. The van der Waals surface area contributed by atoms with Crippen molar-refractivity contribution in [3.63, 3.8) is 0 Å². The Labute approximate surface area is 194 Å². The summed E-state index contributed by atoms with van der Waals surface area (Å²) in [5, 5.41) is 16.5. The maximum Gasteiger partial charge on any atom is 0.310 e. The fourth-order valence-electron chi connectivity index (χ4n) is 4.04. The molecule has 0 bridgehead atoms. The molecule has 3 aromatic rings. The lowest BCUT2D eigenvalue weighted by Crippen LogP contribution is -2.41. The first kappa shape index (κ1) is 22.3. The summed E-state index contributed by atoms with van der Waals surface area (Å²) in [6.07, 6.45) is 2.30. The van der Waals surface area contributed by atoms with E-state index in [0.29, 0.717) is 45.3 Å². The zero-order chi connectivity index (χ0) is 22.1. The van der Waals surface area contributed by atoms with Crippen LogP contribution in [0.25, 0.3) is 4.96 Å². The molecule has 31 heavy (non-hydrogen) atoms. The number of hydrogen-bond donors (Lipinski definition) is 1. The summed E-state index contributed by atoms with van der Waals surface area (Å²) in [6.45, 7) is 5.40. The van der Waals surface area contributed by atoms with Crippen molar-refractivity contribution < 1.29 is 14.6 Å². The van der Waals surface area contributed by atoms with Crippen LogP contribution >= 0.6 is 34.5 Å². The largest absolute Gasteiger partial charge is 0.492 e. The Morgan fingerprint density at radius 3 is 2.87 bits per heavy atom. The number of halogens is 2. The van der Waals surface area contributed by atoms with Gasteiger partial charge in [-0.3, -0.25) is 9.69 Å². The van der Waals surface area contributed by atoms with Crippen molar-refractivity contribution in [3.8, 4) is 5.88 Å². The molecule has 0 spiro atoms. The normalized spacial score (nSPS) is 18.4. The van der Waals surface area contributed by atoms with Gasteiger partial charge in [-0.2, -0.15) is 4.52 Å². The molecule has 4 rings (SSSR count). The van der Waals surface area contributed by atoms with Crippen LogP contribution in [-0.4, -0.2) is 50.3 Å². The van der Waals surface area contributed by atoms with Crippen molar-refractivity contribution in [2.24, 2.45) is 5.92 Å². The quantitative estimate of drug-likeness (QED) is 0.511. The number of hydrogen-bond acceptors (Lipinski definition) is 7. The Bertz CT molecular complexity index is 1100. The van der Waals surface area contributed by atoms with Gasteiger partial charge in [-0.1, -0.05) is 47.5 Å². The monoisotopic (exact) mass is 482 g/mol. The van der Waals surface area contributed by atoms with Gasteiger partial charge in [0.05, 0.1) is 23.4 Å². The number of fused-ring (bicyclic) bond motifs is 1. The summed E-state index contributed by atoms with van der Waals surface area (Å²) in [5.41, 5.74) is 0.811. The predicted octanol–water partition coefficient (Wildman–Crippen LogP) is 4.73. The SMILES string of the molecule is CCOC(=O)[C@@H]1CCCN([C@@H](c2ccc(Cl)cc2Cl)c2sc3nc(CC)nn3c2O)C1. The Morgan fingerprint density at radius 2 is 2.19 bits per heavy atom. The molecule has 0 aliphatic carbocycles. The number of nitrogens with zero attached hydrogens (tertiary/aromatic N) is 4. The lowest BCUT2D eigenvalue weighted by Gasteiger charge is -2.37. The van der Waals surface area contributed by atoms with E-state index >= 15 is 0 Å². The third-order valence-corrected chi connectivity index (χ3v) is 7.14. The highest BCUT2D eigenvalue weighted by Crippen LogP contribution is 2.43. The number of benzene rings is 1. The van der Waals surface area contributed by atoms with E-state index in [1.165, 1.54) is 15.9 Å². The molecule has 1 fully saturated rings. The number of ether oxygens (including phenoxy) is 1. The molecule has 166 valence electrons. The van der Waals surface area contributed by atoms with E-state index in [9.17, 15) is 9.90 Å². The highest BCUT2D eigenvalue weighted by molar-refractivity contribution is 7.17. The van der Waals surface area contributed by atoms with Gasteiger partial charge in [-0.25, -0.2) is 4.98 Å². The number of esters is 1. The van der Waals surface area contributed by atoms with Crippen LogP contribution < -0.4 is 0 Å². The molecule has 3 heterocycles. The topological polar surface area (TPSA) is 80.0 Å². The van der Waals surface area contributed by atoms with Crippen LogP contribution in [0.4, 0.5) is 0 Å². The fourth-order valence-corrected chi connectivity index (χ4v) is 5.68. The van der Waals surface area contributed by atoms with Crippen molar-refractivity contribution in [3.05, 3.63) is 44.5 Å². The van der Waals surface area contributed by atoms with Crippen molar-refractivity contribution in [1.82, 2.24) is 19.5 Å². The minimum absolute atomic E-state index is 0.0430. The maximum absolute atomic E-state index is 12.4. The molecule has 1 aliphatic rings. The van der Waals surface area contributed by atoms with Crippen LogP contribution in [0.15, 0.2) is 18.2 Å². The molecular weight excluding hydrogens is 459 g/mol. The second-order valence-electron chi connectivity index (χ2n) is 7.52. The zero-order valence-electron chi connectivity index (χ0n) is 17.3. The van der Waals surface area contributed by atoms with E-state index in [2.05, 4.69) is 15.0 Å². The molecule has 2 atom stereocenters. The van der Waals surface area contributed by atoms with Crippen LogP contribution in [0.5, 0.6) is 5.88 Å². The number of likely N-dealkylation sites (tertiary alicyclic amines) is 1. The summed E-state index contributed by atoms with van der Waals surface area (Å²) in [6, 6.07) is 4.99. The van der Waals surface area contributed by atoms with Crippen molar-refractivity contribution in [1.29, 1.82) is 0 Å². The van der Waals surface area contributed by atoms with Gasteiger partial charge in [0.15, 0.2) is 5.82 Å². The van der Waals surface area contributed by atoms with Crippen LogP contribution in [0.2, 0.25) is 10.0 Å². The number of aryl methyl sites for hydroxylation is 1. The molecule has 1 aromatic carbocycles. The van der Waals surface area contributed by atoms with Crippen LogP contribution in [0.3, 0.4) is 0 Å². The van der Waals surface area contributed by atoms with E-state index in [0.717, 1.165) is 24.9 Å². The summed E-state index contributed by atoms with van der Waals surface area (Å²) in [5.74, 6) is 0.307. The van der Waals surface area contributed by atoms with E-state index < -0.39 is 0 Å². The van der Waals surface area contributed by atoms with Crippen molar-refractivity contribution in [2.45, 2.75) is 39.2 Å². The highest BCUT2D eigenvalue weighted by Gasteiger charge is 2.36. The first-order valence-corrected chi connectivity index (χ1v) is 11.9. The van der Waals surface area contributed by atoms with Gasteiger partial charge in [-0.15, -0.1) is 5.10 Å². The lowest BCUT2D eigenvalue weighted by molar-refractivity contribution is -0.150. The van der Waals surface area contributed by atoms with Crippen molar-refractivity contribution >= 4 is 45.5 Å². The summed E-state index contributed by atoms with van der Waals surface area (Å²) in [4.78, 5) is 20.4. The summed E-state index contributed by atoms with van der Waals surface area (Å²) >= 11 is 14.1. The van der Waals surface area contributed by atoms with E-state index in [4.69, 9.17) is 27.9 Å². The predicted molar refractivity (Wildman–Crippen MR) is 121 cm³/mol. The molecule has 0 unspecified atom stereocenters. The molecule has 0 radical (unpaired) electrons. The van der Waals surface area contributed by atoms with Gasteiger partial charge < -0.3 is 9.84 Å². The minimum atomic E-state index is -0.361. The molecule has 0 saturated carbocycles. The van der Waals surface area contributed by atoms with Gasteiger partial charge in [-0.05, 0) is 44.0 Å². The Hall–Kier alpha value is -1.87. The van der Waals surface area contributed by atoms with Gasteiger partial charge in [0.2, 0.25) is 10.8 Å². The number of rotatable bonds is 6. The summed E-state index contributed by atoms with van der Waals surface area (Å²) < 4.78 is 6.74. The second-order valence-corrected chi connectivity index (χ2v) is 9.37. The molecule has 2 aromatic heterocycles. The first-order chi connectivity index (χ1) is 14.9. The third kappa shape index (κ3) is 4.39. The number of aromatic hydroxyl groups is 1. The molecule has 7 nitrogen and oxygen atoms in total. The molecule has 10 heteroatoms. The molecule has 1 N–H and O–H groups in total. The maximum atomic E-state index is 12.4. The average molecular weight is 483 g/mol. The molecule has 1 aliphatic heterocycles. The van der Waals surface area contributed by atoms with Crippen LogP contribution in [0.1, 0.15) is 49.0 Å². The van der Waals surface area contributed by atoms with Crippen molar-refractivity contribution in [2.75, 3.05) is 19.7 Å². The van der Waals surface area contributed by atoms with Gasteiger partial charge in [0.1, 0.15) is 0 Å². The Balaban J connectivity index is 1.78. The first-order valence-electron chi connectivity index (χ1n) is 10.4. The van der Waals surface area contributed by atoms with Gasteiger partial charge in [0.25, 0.3) is 0 Å². The number of thiazole rings is 1. The lowest BCUT2D eigenvalue weighted by atomic mass is 9.94. The average Bonchev–Trinajstić information content (AvgIpc) is 3.29. The Morgan fingerprint density at radius 1 is 1.39 bits per heavy atom. The van der Waals surface area contributed by atoms with Gasteiger partial charge >= 0.3 is 5.97 Å². The fraction of sp³-hybridized carbons (Fsp3) is 0.476. The highest BCUT2D eigenvalue weighted by atomic mass is 35.5. The molecular formula is C21H24Cl2N4O3S. The van der Waals surface area contributed by atoms with Gasteiger partial charge in [0, 0.05) is 23.0 Å². The van der Waals surface area contributed by atoms with E-state index in [-0.39, 0.29) is 23.8 Å². The zero-order valence-corrected chi connectivity index (χ0v) is 19.7. The van der Waals surface area contributed by atoms with Crippen LogP contribution in [0, 0.1) is 5.92 Å². The number of aromatic nitrogens is 3. The molecule has 1 saturated heterocycles. The minimum Gasteiger partial charge on any atom is -0.492 e. The standard InChI is InChI=1S/C21H24Cl2N4O3S/c1-3-16-24-21-27(25-16)19(28)18(31-21)17(14-8-7-13(22)10-15(14)23)26-9-5-6-12(11-26)20(29)30-4-2/h7-8,10,12,17,28H,3-6,9,11H2,1-2H3/t12-,17+/m1/s1. The second kappa shape index (κ2) is 9.32. The van der Waals surface area contributed by atoms with Crippen LogP contribution in [-0.2, 0) is 16.0 Å². The third-order valence-electron chi connectivity index (χ3n) is 5.50. The number of carbonyl (C=O) groups is 1. The Kier molecular flexibility index (Phi) is 6.71. The molecule has 0 amide bonds. The van der Waals surface area contributed by atoms with E-state index in [1.807, 2.05) is 19.9 Å². The summed E-state index contributed by atoms with van der Waals surface area (Å²) in [7, 11) is 0. The van der Waals surface area contributed by atoms with E-state index in [1.54, 1.807) is 12.1 Å².